The molecule has 2 rings (SSSR count). The maximum Gasteiger partial charge on any atom is 0.262 e. The van der Waals surface area contributed by atoms with Crippen LogP contribution in [0, 0.1) is 6.92 Å². The summed E-state index contributed by atoms with van der Waals surface area (Å²) in [5.41, 5.74) is 2.98. The Bertz CT molecular complexity index is 748. The van der Waals surface area contributed by atoms with Gasteiger partial charge in [-0.3, -0.25) is 4.79 Å². The van der Waals surface area contributed by atoms with Gasteiger partial charge in [0, 0.05) is 16.7 Å². The highest BCUT2D eigenvalue weighted by atomic mass is 79.9. The zero-order chi connectivity index (χ0) is 19.6. The summed E-state index contributed by atoms with van der Waals surface area (Å²) in [5.74, 6) is 0.963. The first-order valence-corrected chi connectivity index (χ1v) is 9.98. The van der Waals surface area contributed by atoms with Gasteiger partial charge in [0.25, 0.3) is 5.91 Å². The summed E-state index contributed by atoms with van der Waals surface area (Å²) in [7, 11) is 0. The molecule has 146 valence electrons. The summed E-state index contributed by atoms with van der Waals surface area (Å²) in [6.45, 7) is 8.18. The number of hydrogen-bond donors (Lipinski definition) is 2. The van der Waals surface area contributed by atoms with Crippen molar-refractivity contribution in [3.63, 3.8) is 0 Å². The third-order valence-electron chi connectivity index (χ3n) is 3.85. The average Bonchev–Trinajstić information content (AvgIpc) is 2.65. The molecule has 6 heteroatoms. The van der Waals surface area contributed by atoms with Crippen molar-refractivity contribution in [2.24, 2.45) is 0 Å². The molecule has 0 aliphatic heterocycles. The second-order valence-corrected chi connectivity index (χ2v) is 7.06. The van der Waals surface area contributed by atoms with Crippen LogP contribution < -0.4 is 20.1 Å². The van der Waals surface area contributed by atoms with E-state index in [-0.39, 0.29) is 12.5 Å². The molecular weight excluding hydrogens is 408 g/mol. The number of rotatable bonds is 10. The van der Waals surface area contributed by atoms with Crippen LogP contribution in [0.5, 0.6) is 11.5 Å². The SMILES string of the molecule is CCCNCc1cc(OCC)c(OCC(=O)Nc2ccc(C)cc2)cc1Br. The minimum Gasteiger partial charge on any atom is -0.490 e. The molecule has 5 nitrogen and oxygen atoms in total. The summed E-state index contributed by atoms with van der Waals surface area (Å²) in [6, 6.07) is 11.4. The molecule has 2 N–H and O–H groups in total. The highest BCUT2D eigenvalue weighted by Gasteiger charge is 2.13. The van der Waals surface area contributed by atoms with Crippen molar-refractivity contribution in [2.75, 3.05) is 25.1 Å². The van der Waals surface area contributed by atoms with Crippen LogP contribution >= 0.6 is 15.9 Å². The van der Waals surface area contributed by atoms with E-state index >= 15 is 0 Å². The molecule has 1 amide bonds. The van der Waals surface area contributed by atoms with Gasteiger partial charge in [-0.25, -0.2) is 0 Å². The predicted octanol–water partition coefficient (Wildman–Crippen LogP) is 4.67. The summed E-state index contributed by atoms with van der Waals surface area (Å²) < 4.78 is 12.3. The van der Waals surface area contributed by atoms with E-state index in [0.717, 1.165) is 40.8 Å². The normalized spacial score (nSPS) is 10.5. The van der Waals surface area contributed by atoms with Crippen LogP contribution in [0.1, 0.15) is 31.4 Å². The topological polar surface area (TPSA) is 59.6 Å². The molecule has 0 bridgehead atoms. The summed E-state index contributed by atoms with van der Waals surface area (Å²) in [4.78, 5) is 12.2. The minimum atomic E-state index is -0.217. The highest BCUT2D eigenvalue weighted by Crippen LogP contribution is 2.34. The number of benzene rings is 2. The van der Waals surface area contributed by atoms with Crippen LogP contribution in [0.2, 0.25) is 0 Å². The molecule has 27 heavy (non-hydrogen) atoms. The van der Waals surface area contributed by atoms with Crippen LogP contribution in [-0.2, 0) is 11.3 Å². The standard InChI is InChI=1S/C21H27BrN2O3/c1-4-10-23-13-16-11-19(26-5-2)20(12-18(16)22)27-14-21(25)24-17-8-6-15(3)7-9-17/h6-9,11-12,23H,4-5,10,13-14H2,1-3H3,(H,24,25). The zero-order valence-electron chi connectivity index (χ0n) is 16.1. The molecule has 0 saturated heterocycles. The van der Waals surface area contributed by atoms with Gasteiger partial charge < -0.3 is 20.1 Å². The highest BCUT2D eigenvalue weighted by molar-refractivity contribution is 9.10. The Morgan fingerprint density at radius 2 is 1.78 bits per heavy atom. The van der Waals surface area contributed by atoms with E-state index in [2.05, 4.69) is 33.5 Å². The van der Waals surface area contributed by atoms with E-state index in [1.807, 2.05) is 50.2 Å². The van der Waals surface area contributed by atoms with Crippen molar-refractivity contribution in [2.45, 2.75) is 33.7 Å². The fourth-order valence-electron chi connectivity index (χ4n) is 2.47. The Labute approximate surface area is 169 Å². The van der Waals surface area contributed by atoms with Crippen LogP contribution in [0.25, 0.3) is 0 Å². The first-order valence-electron chi connectivity index (χ1n) is 9.18. The van der Waals surface area contributed by atoms with Crippen LogP contribution in [0.4, 0.5) is 5.69 Å². The lowest BCUT2D eigenvalue weighted by atomic mass is 10.2. The Morgan fingerprint density at radius 1 is 1.07 bits per heavy atom. The molecule has 0 unspecified atom stereocenters. The monoisotopic (exact) mass is 434 g/mol. The van der Waals surface area contributed by atoms with Gasteiger partial charge in [0.1, 0.15) is 0 Å². The molecule has 0 heterocycles. The first kappa shape index (κ1) is 21.3. The van der Waals surface area contributed by atoms with Crippen molar-refractivity contribution < 1.29 is 14.3 Å². The van der Waals surface area contributed by atoms with Crippen molar-refractivity contribution >= 4 is 27.5 Å². The number of carbonyl (C=O) groups is 1. The maximum atomic E-state index is 12.2. The lowest BCUT2D eigenvalue weighted by Crippen LogP contribution is -2.20. The number of hydrogen-bond acceptors (Lipinski definition) is 4. The second kappa shape index (κ2) is 10.9. The smallest absolute Gasteiger partial charge is 0.262 e. The molecule has 2 aromatic carbocycles. The maximum absolute atomic E-state index is 12.2. The number of nitrogens with one attached hydrogen (secondary N) is 2. The predicted molar refractivity (Wildman–Crippen MR) is 113 cm³/mol. The van der Waals surface area contributed by atoms with E-state index in [0.29, 0.717) is 18.1 Å². The van der Waals surface area contributed by atoms with Gasteiger partial charge in [-0.05, 0) is 56.6 Å². The van der Waals surface area contributed by atoms with Gasteiger partial charge in [-0.2, -0.15) is 0 Å². The molecule has 0 aromatic heterocycles. The van der Waals surface area contributed by atoms with Gasteiger partial charge in [-0.15, -0.1) is 0 Å². The lowest BCUT2D eigenvalue weighted by Gasteiger charge is -2.15. The lowest BCUT2D eigenvalue weighted by molar-refractivity contribution is -0.118. The molecule has 0 aliphatic carbocycles. The van der Waals surface area contributed by atoms with Crippen LogP contribution in [-0.4, -0.2) is 25.7 Å². The van der Waals surface area contributed by atoms with E-state index in [1.54, 1.807) is 0 Å². The summed E-state index contributed by atoms with van der Waals surface area (Å²) >= 11 is 3.58. The quantitative estimate of drug-likeness (QED) is 0.533. The molecular formula is C21H27BrN2O3. The zero-order valence-corrected chi connectivity index (χ0v) is 17.7. The molecule has 0 fully saturated rings. The number of ether oxygens (including phenoxy) is 2. The van der Waals surface area contributed by atoms with E-state index < -0.39 is 0 Å². The average molecular weight is 435 g/mol. The van der Waals surface area contributed by atoms with Gasteiger partial charge in [0.05, 0.1) is 6.61 Å². The van der Waals surface area contributed by atoms with Crippen molar-refractivity contribution in [1.82, 2.24) is 5.32 Å². The number of halogens is 1. The Hall–Kier alpha value is -2.05. The van der Waals surface area contributed by atoms with Crippen LogP contribution in [0.3, 0.4) is 0 Å². The van der Waals surface area contributed by atoms with Gasteiger partial charge in [-0.1, -0.05) is 40.5 Å². The van der Waals surface area contributed by atoms with Gasteiger partial charge in [0.2, 0.25) is 0 Å². The molecule has 0 atom stereocenters. The molecule has 0 aliphatic rings. The Morgan fingerprint density at radius 3 is 2.44 bits per heavy atom. The number of amides is 1. The fraction of sp³-hybridized carbons (Fsp3) is 0.381. The van der Waals surface area contributed by atoms with Gasteiger partial charge >= 0.3 is 0 Å². The number of anilines is 1. The largest absolute Gasteiger partial charge is 0.490 e. The van der Waals surface area contributed by atoms with E-state index in [4.69, 9.17) is 9.47 Å². The molecule has 0 spiro atoms. The number of aryl methyl sites for hydroxylation is 1. The third-order valence-corrected chi connectivity index (χ3v) is 4.59. The van der Waals surface area contributed by atoms with Crippen molar-refractivity contribution in [1.29, 1.82) is 0 Å². The van der Waals surface area contributed by atoms with Crippen molar-refractivity contribution in [3.05, 3.63) is 52.0 Å². The van der Waals surface area contributed by atoms with Gasteiger partial charge in [0.15, 0.2) is 18.1 Å². The van der Waals surface area contributed by atoms with Crippen molar-refractivity contribution in [3.8, 4) is 11.5 Å². The van der Waals surface area contributed by atoms with E-state index in [9.17, 15) is 4.79 Å². The first-order chi connectivity index (χ1) is 13.0. The second-order valence-electron chi connectivity index (χ2n) is 6.20. The Kier molecular flexibility index (Phi) is 8.61. The van der Waals surface area contributed by atoms with E-state index in [1.165, 1.54) is 0 Å². The fourth-order valence-corrected chi connectivity index (χ4v) is 2.93. The molecule has 0 radical (unpaired) electrons. The summed E-state index contributed by atoms with van der Waals surface area (Å²) in [5, 5.41) is 6.20. The third kappa shape index (κ3) is 6.88. The Balaban J connectivity index is 2.02. The summed E-state index contributed by atoms with van der Waals surface area (Å²) in [6.07, 6.45) is 1.08. The van der Waals surface area contributed by atoms with Crippen LogP contribution in [0.15, 0.2) is 40.9 Å². The molecule has 0 saturated carbocycles. The number of carbonyl (C=O) groups excluding carboxylic acids is 1. The molecule has 2 aromatic rings. The minimum absolute atomic E-state index is 0.0895.